The Kier molecular flexibility index (Phi) is 4.64. The quantitative estimate of drug-likeness (QED) is 0.694. The molecular formula is C9H16N4OS. The van der Waals surface area contributed by atoms with Crippen molar-refractivity contribution in [1.82, 2.24) is 10.2 Å². The average Bonchev–Trinajstić information content (AvgIpc) is 2.61. The SMILES string of the molecule is CSCC[C@H](N)C(=O)Nc1[nH]ncc1C. The number of H-pyrrole nitrogens is 1. The van der Waals surface area contributed by atoms with Crippen molar-refractivity contribution < 1.29 is 4.79 Å². The normalized spacial score (nSPS) is 12.5. The van der Waals surface area contributed by atoms with Gasteiger partial charge in [-0.25, -0.2) is 0 Å². The van der Waals surface area contributed by atoms with Gasteiger partial charge in [-0.2, -0.15) is 16.9 Å². The molecule has 1 amide bonds. The van der Waals surface area contributed by atoms with E-state index in [0.717, 1.165) is 11.3 Å². The predicted molar refractivity (Wildman–Crippen MR) is 62.9 cm³/mol. The van der Waals surface area contributed by atoms with Crippen molar-refractivity contribution in [3.05, 3.63) is 11.8 Å². The summed E-state index contributed by atoms with van der Waals surface area (Å²) in [6.07, 6.45) is 4.33. The molecule has 1 aromatic rings. The summed E-state index contributed by atoms with van der Waals surface area (Å²) in [5.41, 5.74) is 6.61. The number of thioether (sulfide) groups is 1. The van der Waals surface area contributed by atoms with Gasteiger partial charge < -0.3 is 11.1 Å². The highest BCUT2D eigenvalue weighted by atomic mass is 32.2. The van der Waals surface area contributed by atoms with Crippen LogP contribution in [0, 0.1) is 6.92 Å². The van der Waals surface area contributed by atoms with Crippen LogP contribution in [0.25, 0.3) is 0 Å². The molecule has 5 nitrogen and oxygen atoms in total. The molecule has 1 heterocycles. The summed E-state index contributed by atoms with van der Waals surface area (Å²) in [5.74, 6) is 1.34. The number of rotatable bonds is 5. The molecule has 1 rings (SSSR count). The summed E-state index contributed by atoms with van der Waals surface area (Å²) in [6, 6.07) is -0.458. The van der Waals surface area contributed by atoms with E-state index in [0.29, 0.717) is 12.2 Å². The molecule has 1 atom stereocenters. The first-order valence-corrected chi connectivity index (χ1v) is 6.10. The Morgan fingerprint density at radius 1 is 1.80 bits per heavy atom. The van der Waals surface area contributed by atoms with Crippen LogP contribution in [-0.2, 0) is 4.79 Å². The lowest BCUT2D eigenvalue weighted by atomic mass is 10.2. The first-order valence-electron chi connectivity index (χ1n) is 4.70. The third-order valence-corrected chi connectivity index (χ3v) is 2.69. The zero-order valence-corrected chi connectivity index (χ0v) is 9.73. The van der Waals surface area contributed by atoms with Crippen molar-refractivity contribution in [2.24, 2.45) is 5.73 Å². The second kappa shape index (κ2) is 5.77. The van der Waals surface area contributed by atoms with E-state index in [-0.39, 0.29) is 5.91 Å². The van der Waals surface area contributed by atoms with Gasteiger partial charge in [0.1, 0.15) is 5.82 Å². The zero-order valence-electron chi connectivity index (χ0n) is 8.91. The number of nitrogens with one attached hydrogen (secondary N) is 2. The highest BCUT2D eigenvalue weighted by molar-refractivity contribution is 7.98. The molecule has 6 heteroatoms. The van der Waals surface area contributed by atoms with Gasteiger partial charge in [-0.05, 0) is 25.4 Å². The molecule has 0 spiro atoms. The van der Waals surface area contributed by atoms with Crippen molar-refractivity contribution in [2.75, 3.05) is 17.3 Å². The lowest BCUT2D eigenvalue weighted by molar-refractivity contribution is -0.117. The van der Waals surface area contributed by atoms with Gasteiger partial charge in [-0.15, -0.1) is 0 Å². The first-order chi connectivity index (χ1) is 7.15. The van der Waals surface area contributed by atoms with Gasteiger partial charge in [0.05, 0.1) is 12.2 Å². The minimum atomic E-state index is -0.458. The molecule has 0 bridgehead atoms. The van der Waals surface area contributed by atoms with Gasteiger partial charge in [-0.1, -0.05) is 0 Å². The summed E-state index contributed by atoms with van der Waals surface area (Å²) >= 11 is 1.68. The van der Waals surface area contributed by atoms with Gasteiger partial charge >= 0.3 is 0 Å². The second-order valence-corrected chi connectivity index (χ2v) is 4.29. The number of nitrogens with zero attached hydrogens (tertiary/aromatic N) is 1. The van der Waals surface area contributed by atoms with E-state index >= 15 is 0 Å². The van der Waals surface area contributed by atoms with Crippen LogP contribution < -0.4 is 11.1 Å². The molecule has 15 heavy (non-hydrogen) atoms. The molecule has 0 aliphatic heterocycles. The monoisotopic (exact) mass is 228 g/mol. The molecule has 0 aliphatic carbocycles. The van der Waals surface area contributed by atoms with Crippen LogP contribution in [0.1, 0.15) is 12.0 Å². The Bertz CT molecular complexity index is 326. The van der Waals surface area contributed by atoms with Crippen LogP contribution >= 0.6 is 11.8 Å². The molecule has 0 aliphatic rings. The molecular weight excluding hydrogens is 212 g/mol. The number of nitrogens with two attached hydrogens (primary N) is 1. The number of amides is 1. The van der Waals surface area contributed by atoms with Gasteiger partial charge in [0.2, 0.25) is 5.91 Å². The van der Waals surface area contributed by atoms with E-state index in [2.05, 4.69) is 15.5 Å². The number of aryl methyl sites for hydroxylation is 1. The number of carbonyl (C=O) groups excluding carboxylic acids is 1. The lowest BCUT2D eigenvalue weighted by Gasteiger charge is -2.10. The highest BCUT2D eigenvalue weighted by Crippen LogP contribution is 2.09. The third kappa shape index (κ3) is 3.56. The summed E-state index contributed by atoms with van der Waals surface area (Å²) in [7, 11) is 0. The maximum absolute atomic E-state index is 11.6. The van der Waals surface area contributed by atoms with E-state index in [9.17, 15) is 4.79 Å². The predicted octanol–water partition coefficient (Wildman–Crippen LogP) is 0.737. The van der Waals surface area contributed by atoms with E-state index < -0.39 is 6.04 Å². The molecule has 1 aromatic heterocycles. The van der Waals surface area contributed by atoms with Gasteiger partial charge in [0, 0.05) is 5.56 Å². The average molecular weight is 228 g/mol. The Labute approximate surface area is 93.2 Å². The number of anilines is 1. The number of hydrogen-bond acceptors (Lipinski definition) is 4. The fourth-order valence-corrected chi connectivity index (χ4v) is 1.55. The number of carbonyl (C=O) groups is 1. The maximum Gasteiger partial charge on any atom is 0.242 e. The Morgan fingerprint density at radius 2 is 2.53 bits per heavy atom. The van der Waals surface area contributed by atoms with Crippen LogP contribution in [0.2, 0.25) is 0 Å². The topological polar surface area (TPSA) is 83.8 Å². The molecule has 0 aromatic carbocycles. The minimum absolute atomic E-state index is 0.170. The van der Waals surface area contributed by atoms with Crippen molar-refractivity contribution in [3.8, 4) is 0 Å². The minimum Gasteiger partial charge on any atom is -0.320 e. The summed E-state index contributed by atoms with van der Waals surface area (Å²) < 4.78 is 0. The van der Waals surface area contributed by atoms with Gasteiger partial charge in [0.15, 0.2) is 0 Å². The standard InChI is InChI=1S/C9H16N4OS/c1-6-5-11-13-8(6)12-9(14)7(10)3-4-15-2/h5,7H,3-4,10H2,1-2H3,(H2,11,12,13,14)/t7-/m0/s1. The highest BCUT2D eigenvalue weighted by Gasteiger charge is 2.14. The van der Waals surface area contributed by atoms with E-state index in [1.54, 1.807) is 18.0 Å². The Hall–Kier alpha value is -1.01. The van der Waals surface area contributed by atoms with Crippen LogP contribution in [0.15, 0.2) is 6.20 Å². The van der Waals surface area contributed by atoms with E-state index in [1.165, 1.54) is 0 Å². The van der Waals surface area contributed by atoms with Crippen molar-refractivity contribution in [2.45, 2.75) is 19.4 Å². The summed E-state index contributed by atoms with van der Waals surface area (Å²) in [6.45, 7) is 1.87. The van der Waals surface area contributed by atoms with E-state index in [1.807, 2.05) is 13.2 Å². The second-order valence-electron chi connectivity index (χ2n) is 3.31. The first kappa shape index (κ1) is 12.1. The molecule has 84 valence electrons. The number of aromatic amines is 1. The molecule has 0 saturated heterocycles. The maximum atomic E-state index is 11.6. The van der Waals surface area contributed by atoms with Gasteiger partial charge in [0.25, 0.3) is 0 Å². The van der Waals surface area contributed by atoms with Crippen molar-refractivity contribution in [1.29, 1.82) is 0 Å². The Morgan fingerprint density at radius 3 is 3.07 bits per heavy atom. The summed E-state index contributed by atoms with van der Waals surface area (Å²) in [5, 5.41) is 9.22. The van der Waals surface area contributed by atoms with Crippen molar-refractivity contribution >= 4 is 23.5 Å². The number of hydrogen-bond donors (Lipinski definition) is 3. The van der Waals surface area contributed by atoms with Crippen LogP contribution in [-0.4, -0.2) is 34.2 Å². The fraction of sp³-hybridized carbons (Fsp3) is 0.556. The largest absolute Gasteiger partial charge is 0.320 e. The smallest absolute Gasteiger partial charge is 0.242 e. The molecule has 4 N–H and O–H groups in total. The van der Waals surface area contributed by atoms with Gasteiger partial charge in [-0.3, -0.25) is 9.89 Å². The molecule has 0 fully saturated rings. The molecule has 0 unspecified atom stereocenters. The summed E-state index contributed by atoms with van der Waals surface area (Å²) in [4.78, 5) is 11.6. The lowest BCUT2D eigenvalue weighted by Crippen LogP contribution is -2.36. The molecule has 0 radical (unpaired) electrons. The van der Waals surface area contributed by atoms with Crippen molar-refractivity contribution in [3.63, 3.8) is 0 Å². The number of aromatic nitrogens is 2. The van der Waals surface area contributed by atoms with Crippen LogP contribution in [0.4, 0.5) is 5.82 Å². The third-order valence-electron chi connectivity index (χ3n) is 2.05. The van der Waals surface area contributed by atoms with Crippen LogP contribution in [0.3, 0.4) is 0 Å². The zero-order chi connectivity index (χ0) is 11.3. The molecule has 0 saturated carbocycles. The Balaban J connectivity index is 2.45. The van der Waals surface area contributed by atoms with Crippen LogP contribution in [0.5, 0.6) is 0 Å². The van der Waals surface area contributed by atoms with E-state index in [4.69, 9.17) is 5.73 Å². The fourth-order valence-electron chi connectivity index (χ4n) is 1.06.